The number of rotatable bonds is 5. The number of hydrogen-bond acceptors (Lipinski definition) is 7. The molecule has 4 rings (SSSR count). The summed E-state index contributed by atoms with van der Waals surface area (Å²) >= 11 is 1.59. The van der Waals surface area contributed by atoms with Crippen molar-refractivity contribution >= 4 is 22.4 Å². The fourth-order valence-corrected chi connectivity index (χ4v) is 4.84. The molecule has 1 amide bonds. The van der Waals surface area contributed by atoms with Gasteiger partial charge >= 0.3 is 0 Å². The number of nitrogens with zero attached hydrogens (tertiary/aromatic N) is 5. The zero-order valence-electron chi connectivity index (χ0n) is 17.2. The molecule has 0 bridgehead atoms. The minimum atomic E-state index is -0.217. The number of nitriles is 1. The van der Waals surface area contributed by atoms with Gasteiger partial charge in [-0.3, -0.25) is 9.69 Å². The third-order valence-corrected chi connectivity index (χ3v) is 6.54. The first kappa shape index (κ1) is 20.5. The van der Waals surface area contributed by atoms with Gasteiger partial charge in [0.2, 0.25) is 0 Å². The molecule has 3 heterocycles. The molecule has 0 saturated carbocycles. The van der Waals surface area contributed by atoms with Crippen LogP contribution in [0.5, 0.6) is 0 Å². The summed E-state index contributed by atoms with van der Waals surface area (Å²) in [5, 5.41) is 13.3. The number of aromatic nitrogens is 1. The lowest BCUT2D eigenvalue weighted by atomic mass is 10.2. The molecule has 0 spiro atoms. The van der Waals surface area contributed by atoms with Gasteiger partial charge in [0.25, 0.3) is 5.91 Å². The van der Waals surface area contributed by atoms with E-state index in [0.717, 1.165) is 50.0 Å². The molecule has 156 valence electrons. The Balaban J connectivity index is 1.32. The molecule has 30 heavy (non-hydrogen) atoms. The lowest BCUT2D eigenvalue weighted by Gasteiger charge is -2.34. The van der Waals surface area contributed by atoms with Crippen molar-refractivity contribution in [2.24, 2.45) is 0 Å². The van der Waals surface area contributed by atoms with Crippen molar-refractivity contribution in [3.63, 3.8) is 0 Å². The van der Waals surface area contributed by atoms with Gasteiger partial charge in [-0.25, -0.2) is 4.98 Å². The van der Waals surface area contributed by atoms with Crippen molar-refractivity contribution < 1.29 is 4.79 Å². The lowest BCUT2D eigenvalue weighted by Crippen LogP contribution is -2.48. The van der Waals surface area contributed by atoms with Gasteiger partial charge in [0, 0.05) is 63.3 Å². The summed E-state index contributed by atoms with van der Waals surface area (Å²) in [6, 6.07) is 12.4. The topological polar surface area (TPSA) is 75.5 Å². The Morgan fingerprint density at radius 1 is 1.23 bits per heavy atom. The highest BCUT2D eigenvalue weighted by Crippen LogP contribution is 2.27. The molecule has 0 unspecified atom stereocenters. The highest BCUT2D eigenvalue weighted by Gasteiger charge is 2.24. The molecule has 1 aromatic carbocycles. The van der Waals surface area contributed by atoms with Crippen molar-refractivity contribution in [1.82, 2.24) is 19.7 Å². The fraction of sp³-hybridized carbons (Fsp3) is 0.409. The first-order valence-corrected chi connectivity index (χ1v) is 11.0. The molecule has 2 aliphatic heterocycles. The Hall–Kier alpha value is -2.73. The number of nitrogens with one attached hydrogen (secondary N) is 1. The Kier molecular flexibility index (Phi) is 6.43. The maximum atomic E-state index is 12.8. The van der Waals surface area contributed by atoms with Gasteiger partial charge in [-0.15, -0.1) is 11.3 Å². The molecular weight excluding hydrogens is 396 g/mol. The molecule has 0 atom stereocenters. The number of hydrogen-bond donors (Lipinski definition) is 1. The van der Waals surface area contributed by atoms with Crippen LogP contribution in [-0.2, 0) is 24.3 Å². The molecule has 1 saturated heterocycles. The van der Waals surface area contributed by atoms with Crippen LogP contribution in [-0.4, -0.2) is 65.4 Å². The van der Waals surface area contributed by atoms with Crippen LogP contribution >= 0.6 is 11.3 Å². The van der Waals surface area contributed by atoms with Crippen molar-refractivity contribution in [3.05, 3.63) is 58.2 Å². The smallest absolute Gasteiger partial charge is 0.266 e. The second-order valence-electron chi connectivity index (χ2n) is 7.74. The summed E-state index contributed by atoms with van der Waals surface area (Å²) in [5.74, 6) is -0.217. The Morgan fingerprint density at radius 3 is 2.73 bits per heavy atom. The zero-order valence-corrected chi connectivity index (χ0v) is 18.0. The predicted octanol–water partition coefficient (Wildman–Crippen LogP) is 2.29. The van der Waals surface area contributed by atoms with Gasteiger partial charge in [0.1, 0.15) is 11.6 Å². The first-order valence-electron chi connectivity index (χ1n) is 10.2. The van der Waals surface area contributed by atoms with Gasteiger partial charge in [-0.1, -0.05) is 30.3 Å². The maximum absolute atomic E-state index is 12.8. The largest absolute Gasteiger partial charge is 0.337 e. The average Bonchev–Trinajstić information content (AvgIpc) is 3.17. The molecule has 0 radical (unpaired) electrons. The first-order chi connectivity index (χ1) is 14.6. The summed E-state index contributed by atoms with van der Waals surface area (Å²) in [4.78, 5) is 25.0. The molecule has 2 aromatic rings. The van der Waals surface area contributed by atoms with E-state index in [2.05, 4.69) is 45.4 Å². The summed E-state index contributed by atoms with van der Waals surface area (Å²) < 4.78 is 0. The van der Waals surface area contributed by atoms with Gasteiger partial charge in [-0.05, 0) is 12.6 Å². The summed E-state index contributed by atoms with van der Waals surface area (Å²) in [5.41, 5.74) is 2.52. The van der Waals surface area contributed by atoms with E-state index in [-0.39, 0.29) is 11.5 Å². The quantitative estimate of drug-likeness (QED) is 0.589. The number of carbonyl (C=O) groups excluding carboxylic acids is 1. The second-order valence-corrected chi connectivity index (χ2v) is 8.83. The summed E-state index contributed by atoms with van der Waals surface area (Å²) in [6.07, 6.45) is 2.44. The molecule has 7 nitrogen and oxygen atoms in total. The Bertz CT molecular complexity index is 956. The maximum Gasteiger partial charge on any atom is 0.266 e. The van der Waals surface area contributed by atoms with Gasteiger partial charge in [0.15, 0.2) is 5.13 Å². The molecular formula is C22H26N6OS. The molecule has 8 heteroatoms. The van der Waals surface area contributed by atoms with Crippen LogP contribution in [0.25, 0.3) is 0 Å². The molecule has 1 N–H and O–H groups in total. The minimum absolute atomic E-state index is 0.122. The Morgan fingerprint density at radius 2 is 2.00 bits per heavy atom. The number of benzene rings is 1. The predicted molar refractivity (Wildman–Crippen MR) is 118 cm³/mol. The second kappa shape index (κ2) is 9.39. The SMILES string of the molecule is CN1CCc2nc(N/C=C(/C#N)C(=O)N3CCN(Cc4ccccc4)CC3)sc2C1. The number of thiazole rings is 1. The number of amides is 1. The normalized spacial score (nSPS) is 18.0. The molecule has 0 aliphatic carbocycles. The highest BCUT2D eigenvalue weighted by atomic mass is 32.1. The highest BCUT2D eigenvalue weighted by molar-refractivity contribution is 7.15. The van der Waals surface area contributed by atoms with E-state index in [9.17, 15) is 10.1 Å². The van der Waals surface area contributed by atoms with Crippen molar-refractivity contribution in [1.29, 1.82) is 5.26 Å². The monoisotopic (exact) mass is 422 g/mol. The van der Waals surface area contributed by atoms with Gasteiger partial charge in [0.05, 0.1) is 5.69 Å². The van der Waals surface area contributed by atoms with E-state index < -0.39 is 0 Å². The van der Waals surface area contributed by atoms with E-state index >= 15 is 0 Å². The minimum Gasteiger partial charge on any atom is -0.337 e. The van der Waals surface area contributed by atoms with Crippen LogP contribution in [0, 0.1) is 11.3 Å². The van der Waals surface area contributed by atoms with E-state index in [1.54, 1.807) is 16.2 Å². The van der Waals surface area contributed by atoms with Crippen molar-refractivity contribution in [3.8, 4) is 6.07 Å². The van der Waals surface area contributed by atoms with Gasteiger partial charge < -0.3 is 15.1 Å². The fourth-order valence-electron chi connectivity index (χ4n) is 3.78. The van der Waals surface area contributed by atoms with Crippen LogP contribution in [0.1, 0.15) is 16.1 Å². The van der Waals surface area contributed by atoms with Crippen LogP contribution < -0.4 is 5.32 Å². The van der Waals surface area contributed by atoms with Crippen LogP contribution in [0.4, 0.5) is 5.13 Å². The molecule has 1 fully saturated rings. The zero-order chi connectivity index (χ0) is 20.9. The lowest BCUT2D eigenvalue weighted by molar-refractivity contribution is -0.128. The number of fused-ring (bicyclic) bond motifs is 1. The Labute approximate surface area is 181 Å². The standard InChI is InChI=1S/C22H26N6OS/c1-26-8-7-19-20(16-26)30-22(25-19)24-14-18(13-23)21(29)28-11-9-27(10-12-28)15-17-5-3-2-4-6-17/h2-6,14H,7-12,15-16H2,1H3,(H,24,25)/b18-14-. The number of likely N-dealkylation sites (N-methyl/N-ethyl adjacent to an activating group) is 1. The number of anilines is 1. The van der Waals surface area contributed by atoms with Crippen molar-refractivity contribution in [2.45, 2.75) is 19.5 Å². The third-order valence-electron chi connectivity index (χ3n) is 5.52. The number of piperazine rings is 1. The van der Waals surface area contributed by atoms with E-state index in [0.29, 0.717) is 13.1 Å². The average molecular weight is 423 g/mol. The van der Waals surface area contributed by atoms with Crippen molar-refractivity contribution in [2.75, 3.05) is 45.1 Å². The van der Waals surface area contributed by atoms with E-state index in [4.69, 9.17) is 0 Å². The summed E-state index contributed by atoms with van der Waals surface area (Å²) in [6.45, 7) is 5.65. The van der Waals surface area contributed by atoms with E-state index in [1.807, 2.05) is 18.2 Å². The number of carbonyl (C=O) groups is 1. The van der Waals surface area contributed by atoms with E-state index in [1.165, 1.54) is 16.6 Å². The summed E-state index contributed by atoms with van der Waals surface area (Å²) in [7, 11) is 2.10. The van der Waals surface area contributed by atoms with Crippen LogP contribution in [0.2, 0.25) is 0 Å². The van der Waals surface area contributed by atoms with Crippen LogP contribution in [0.3, 0.4) is 0 Å². The third kappa shape index (κ3) is 4.87. The van der Waals surface area contributed by atoms with Crippen LogP contribution in [0.15, 0.2) is 42.1 Å². The van der Waals surface area contributed by atoms with Gasteiger partial charge in [-0.2, -0.15) is 5.26 Å². The molecule has 2 aliphatic rings. The molecule has 1 aromatic heterocycles.